The van der Waals surface area contributed by atoms with Crippen molar-refractivity contribution in [3.63, 3.8) is 0 Å². The van der Waals surface area contributed by atoms with Crippen LogP contribution in [0, 0.1) is 17.0 Å². The van der Waals surface area contributed by atoms with E-state index in [9.17, 15) is 14.9 Å². The van der Waals surface area contributed by atoms with Crippen LogP contribution in [0.3, 0.4) is 0 Å². The predicted molar refractivity (Wildman–Crippen MR) is 84.4 cm³/mol. The Morgan fingerprint density at radius 3 is 2.70 bits per heavy atom. The van der Waals surface area contributed by atoms with Crippen LogP contribution in [0.1, 0.15) is 32.9 Å². The summed E-state index contributed by atoms with van der Waals surface area (Å²) in [4.78, 5) is 24.4. The van der Waals surface area contributed by atoms with Crippen LogP contribution in [0.2, 0.25) is 0 Å². The molecule has 0 bridgehead atoms. The maximum atomic E-state index is 12.1. The van der Waals surface area contributed by atoms with E-state index in [4.69, 9.17) is 4.74 Å². The molecule has 1 atom stereocenters. The van der Waals surface area contributed by atoms with E-state index in [-0.39, 0.29) is 17.8 Å². The van der Waals surface area contributed by atoms with Gasteiger partial charge in [-0.3, -0.25) is 10.1 Å². The minimum absolute atomic E-state index is 0.0248. The summed E-state index contributed by atoms with van der Waals surface area (Å²) in [6.07, 6.45) is 0.332. The normalized spacial score (nSPS) is 18.1. The maximum Gasteiger partial charge on any atom is 0.410 e. The summed E-state index contributed by atoms with van der Waals surface area (Å²) in [5, 5.41) is 18.4. The molecule has 1 aliphatic rings. The van der Waals surface area contributed by atoms with Gasteiger partial charge in [0.15, 0.2) is 0 Å². The molecule has 0 aliphatic carbocycles. The van der Waals surface area contributed by atoms with Crippen LogP contribution in [0.15, 0.2) is 0 Å². The molecule has 1 aromatic rings. The van der Waals surface area contributed by atoms with E-state index >= 15 is 0 Å². The van der Waals surface area contributed by atoms with Gasteiger partial charge in [-0.15, -0.1) is 0 Å². The van der Waals surface area contributed by atoms with Crippen LogP contribution >= 0.6 is 0 Å². The molecular formula is C14H23N5O4. The van der Waals surface area contributed by atoms with E-state index in [1.165, 1.54) is 4.68 Å². The molecule has 1 aromatic heterocycles. The number of carbonyl (C=O) groups is 1. The SMILES string of the molecule is Cc1nn(C)c(NC2CCN(C(=O)OC(C)(C)C)C2)c1[N+](=O)[O-]. The monoisotopic (exact) mass is 325 g/mol. The molecule has 128 valence electrons. The van der Waals surface area contributed by atoms with Gasteiger partial charge in [0.25, 0.3) is 0 Å². The number of nitrogens with zero attached hydrogens (tertiary/aromatic N) is 4. The lowest BCUT2D eigenvalue weighted by molar-refractivity contribution is -0.384. The Labute approximate surface area is 134 Å². The molecule has 1 amide bonds. The fourth-order valence-electron chi connectivity index (χ4n) is 2.59. The zero-order chi connectivity index (χ0) is 17.4. The number of anilines is 1. The third-order valence-corrected chi connectivity index (χ3v) is 3.55. The van der Waals surface area contributed by atoms with Crippen molar-refractivity contribution >= 4 is 17.6 Å². The second-order valence-corrected chi connectivity index (χ2v) is 6.72. The number of hydrogen-bond donors (Lipinski definition) is 1. The van der Waals surface area contributed by atoms with Gasteiger partial charge in [0.1, 0.15) is 11.3 Å². The summed E-state index contributed by atoms with van der Waals surface area (Å²) in [5.41, 5.74) is -0.203. The van der Waals surface area contributed by atoms with Crippen molar-refractivity contribution in [2.45, 2.75) is 45.8 Å². The van der Waals surface area contributed by atoms with Gasteiger partial charge in [-0.05, 0) is 34.1 Å². The van der Waals surface area contributed by atoms with Crippen molar-refractivity contribution in [3.05, 3.63) is 15.8 Å². The smallest absolute Gasteiger partial charge is 0.410 e. The highest BCUT2D eigenvalue weighted by Gasteiger charge is 2.32. The summed E-state index contributed by atoms with van der Waals surface area (Å²) in [6, 6.07) is -0.0731. The molecule has 23 heavy (non-hydrogen) atoms. The lowest BCUT2D eigenvalue weighted by atomic mass is 10.2. The highest BCUT2D eigenvalue weighted by atomic mass is 16.6. The summed E-state index contributed by atoms with van der Waals surface area (Å²) in [5.74, 6) is 0.364. The molecule has 1 N–H and O–H groups in total. The molecule has 1 aliphatic heterocycles. The molecule has 1 unspecified atom stereocenters. The minimum Gasteiger partial charge on any atom is -0.444 e. The van der Waals surface area contributed by atoms with Gasteiger partial charge in [0, 0.05) is 26.2 Å². The highest BCUT2D eigenvalue weighted by molar-refractivity contribution is 5.69. The quantitative estimate of drug-likeness (QED) is 0.674. The number of amides is 1. The van der Waals surface area contributed by atoms with E-state index in [1.807, 2.05) is 20.8 Å². The lowest BCUT2D eigenvalue weighted by Crippen LogP contribution is -2.36. The van der Waals surface area contributed by atoms with Gasteiger partial charge in [-0.25, -0.2) is 9.48 Å². The molecular weight excluding hydrogens is 302 g/mol. The largest absolute Gasteiger partial charge is 0.444 e. The first-order valence-corrected chi connectivity index (χ1v) is 7.51. The van der Waals surface area contributed by atoms with Crippen molar-refractivity contribution in [3.8, 4) is 0 Å². The zero-order valence-corrected chi connectivity index (χ0v) is 14.1. The van der Waals surface area contributed by atoms with E-state index in [0.29, 0.717) is 31.0 Å². The average molecular weight is 325 g/mol. The number of nitrogens with one attached hydrogen (secondary N) is 1. The number of aromatic nitrogens is 2. The summed E-state index contributed by atoms with van der Waals surface area (Å²) < 4.78 is 6.81. The van der Waals surface area contributed by atoms with Gasteiger partial charge in [-0.2, -0.15) is 5.10 Å². The van der Waals surface area contributed by atoms with Crippen LogP contribution in [0.4, 0.5) is 16.3 Å². The number of hydrogen-bond acceptors (Lipinski definition) is 6. The van der Waals surface area contributed by atoms with Crippen molar-refractivity contribution in [1.29, 1.82) is 0 Å². The third-order valence-electron chi connectivity index (χ3n) is 3.55. The van der Waals surface area contributed by atoms with Crippen LogP contribution in [-0.2, 0) is 11.8 Å². The van der Waals surface area contributed by atoms with E-state index in [0.717, 1.165) is 0 Å². The molecule has 0 aromatic carbocycles. The fourth-order valence-corrected chi connectivity index (χ4v) is 2.59. The molecule has 0 radical (unpaired) electrons. The van der Waals surface area contributed by atoms with Gasteiger partial charge >= 0.3 is 11.8 Å². The number of aryl methyl sites for hydroxylation is 2. The first-order chi connectivity index (χ1) is 10.6. The summed E-state index contributed by atoms with van der Waals surface area (Å²) in [6.45, 7) is 8.05. The molecule has 1 fully saturated rings. The van der Waals surface area contributed by atoms with E-state index < -0.39 is 10.5 Å². The van der Waals surface area contributed by atoms with Gasteiger partial charge in [0.2, 0.25) is 5.82 Å². The molecule has 0 spiro atoms. The zero-order valence-electron chi connectivity index (χ0n) is 14.1. The van der Waals surface area contributed by atoms with Crippen LogP contribution in [0.5, 0.6) is 0 Å². The van der Waals surface area contributed by atoms with E-state index in [2.05, 4.69) is 10.4 Å². The van der Waals surface area contributed by atoms with Crippen molar-refractivity contribution in [2.24, 2.45) is 7.05 Å². The van der Waals surface area contributed by atoms with Gasteiger partial charge in [0.05, 0.1) is 4.92 Å². The second-order valence-electron chi connectivity index (χ2n) is 6.72. The summed E-state index contributed by atoms with van der Waals surface area (Å²) in [7, 11) is 1.66. The molecule has 1 saturated heterocycles. The first-order valence-electron chi connectivity index (χ1n) is 7.51. The molecule has 0 saturated carbocycles. The predicted octanol–water partition coefficient (Wildman–Crippen LogP) is 2.06. The Morgan fingerprint density at radius 1 is 1.48 bits per heavy atom. The topological polar surface area (TPSA) is 103 Å². The Kier molecular flexibility index (Phi) is 4.49. The number of carbonyl (C=O) groups excluding carboxylic acids is 1. The van der Waals surface area contributed by atoms with Crippen molar-refractivity contribution < 1.29 is 14.5 Å². The van der Waals surface area contributed by atoms with Crippen LogP contribution < -0.4 is 5.32 Å². The van der Waals surface area contributed by atoms with Gasteiger partial charge in [-0.1, -0.05) is 0 Å². The maximum absolute atomic E-state index is 12.1. The fraction of sp³-hybridized carbons (Fsp3) is 0.714. The number of nitro groups is 1. The second kappa shape index (κ2) is 6.05. The van der Waals surface area contributed by atoms with Crippen molar-refractivity contribution in [2.75, 3.05) is 18.4 Å². The van der Waals surface area contributed by atoms with Crippen molar-refractivity contribution in [1.82, 2.24) is 14.7 Å². The Morgan fingerprint density at radius 2 is 2.13 bits per heavy atom. The van der Waals surface area contributed by atoms with Crippen LogP contribution in [-0.4, -0.2) is 50.4 Å². The standard InChI is InChI=1S/C14H23N5O4/c1-9-11(19(21)22)12(17(5)16-9)15-10-6-7-18(8-10)13(20)23-14(2,3)4/h10,15H,6-8H2,1-5H3. The first kappa shape index (κ1) is 17.0. The number of ether oxygens (including phenoxy) is 1. The lowest BCUT2D eigenvalue weighted by Gasteiger charge is -2.24. The molecule has 9 nitrogen and oxygen atoms in total. The molecule has 9 heteroatoms. The molecule has 2 heterocycles. The number of likely N-dealkylation sites (tertiary alicyclic amines) is 1. The average Bonchev–Trinajstić information content (AvgIpc) is 2.93. The Bertz CT molecular complexity index is 619. The minimum atomic E-state index is -0.541. The molecule has 2 rings (SSSR count). The van der Waals surface area contributed by atoms with E-state index in [1.54, 1.807) is 18.9 Å². The summed E-state index contributed by atoms with van der Waals surface area (Å²) >= 11 is 0. The number of rotatable bonds is 3. The third kappa shape index (κ3) is 3.91. The van der Waals surface area contributed by atoms with Crippen LogP contribution in [0.25, 0.3) is 0 Å². The highest BCUT2D eigenvalue weighted by Crippen LogP contribution is 2.29. The Balaban J connectivity index is 2.04. The Hall–Kier alpha value is -2.32. The van der Waals surface area contributed by atoms with Gasteiger partial charge < -0.3 is 15.0 Å².